The maximum atomic E-state index is 12.7. The Morgan fingerprint density at radius 3 is 2.62 bits per heavy atom. The molecule has 0 aliphatic carbocycles. The number of hydrogen-bond donors (Lipinski definition) is 1. The third kappa shape index (κ3) is 4.70. The van der Waals surface area contributed by atoms with Gasteiger partial charge in [0.15, 0.2) is 0 Å². The maximum Gasteiger partial charge on any atom is 0.417 e. The number of pyridine rings is 2. The number of nitrogens with zero attached hydrogens (tertiary/aromatic N) is 3. The summed E-state index contributed by atoms with van der Waals surface area (Å²) < 4.78 is 43.9. The minimum Gasteiger partial charge on any atom is -0.472 e. The number of anilines is 1. The first-order valence-corrected chi connectivity index (χ1v) is 10.5. The van der Waals surface area contributed by atoms with E-state index < -0.39 is 11.7 Å². The van der Waals surface area contributed by atoms with E-state index in [0.29, 0.717) is 25.2 Å². The summed E-state index contributed by atoms with van der Waals surface area (Å²) in [6.07, 6.45) is -2.28. The second-order valence-electron chi connectivity index (χ2n) is 7.69. The predicted molar refractivity (Wildman–Crippen MR) is 115 cm³/mol. The van der Waals surface area contributed by atoms with Gasteiger partial charge in [-0.05, 0) is 30.2 Å². The fraction of sp³-hybridized carbons (Fsp3) is 0.333. The molecule has 1 N–H and O–H groups in total. The van der Waals surface area contributed by atoms with E-state index in [4.69, 9.17) is 9.72 Å². The van der Waals surface area contributed by atoms with E-state index in [1.54, 1.807) is 0 Å². The summed E-state index contributed by atoms with van der Waals surface area (Å²) in [6, 6.07) is 14.2. The number of alkyl halides is 3. The zero-order chi connectivity index (χ0) is 22.7. The quantitative estimate of drug-likeness (QED) is 0.589. The highest BCUT2D eigenvalue weighted by Crippen LogP contribution is 2.31. The molecular formula is C24H24F3N3O2. The van der Waals surface area contributed by atoms with Gasteiger partial charge in [-0.2, -0.15) is 13.2 Å². The van der Waals surface area contributed by atoms with Gasteiger partial charge < -0.3 is 14.7 Å². The van der Waals surface area contributed by atoms with Crippen molar-refractivity contribution < 1.29 is 23.0 Å². The molecule has 1 aliphatic rings. The maximum absolute atomic E-state index is 12.7. The number of hydrogen-bond acceptors (Lipinski definition) is 5. The first kappa shape index (κ1) is 22.1. The van der Waals surface area contributed by atoms with E-state index in [9.17, 15) is 18.3 Å². The molecule has 0 spiro atoms. The van der Waals surface area contributed by atoms with Gasteiger partial charge in [0.05, 0.1) is 35.8 Å². The average molecular weight is 443 g/mol. The Hall–Kier alpha value is -3.13. The van der Waals surface area contributed by atoms with Crippen LogP contribution in [0, 0.1) is 0 Å². The van der Waals surface area contributed by atoms with E-state index in [-0.39, 0.29) is 18.6 Å². The van der Waals surface area contributed by atoms with E-state index in [1.165, 1.54) is 11.6 Å². The van der Waals surface area contributed by atoms with E-state index in [0.717, 1.165) is 35.6 Å². The first-order chi connectivity index (χ1) is 15.4. The van der Waals surface area contributed by atoms with Crippen LogP contribution in [-0.4, -0.2) is 34.3 Å². The van der Waals surface area contributed by atoms with Crippen LogP contribution in [0.3, 0.4) is 0 Å². The second-order valence-corrected chi connectivity index (χ2v) is 7.69. The van der Waals surface area contributed by atoms with Crippen molar-refractivity contribution in [2.24, 2.45) is 0 Å². The van der Waals surface area contributed by atoms with Crippen molar-refractivity contribution in [1.29, 1.82) is 0 Å². The summed E-state index contributed by atoms with van der Waals surface area (Å²) in [5.41, 5.74) is 3.67. The van der Waals surface area contributed by atoms with Gasteiger partial charge in [-0.15, -0.1) is 0 Å². The Labute approximate surface area is 184 Å². The van der Waals surface area contributed by atoms with Gasteiger partial charge in [0, 0.05) is 30.8 Å². The predicted octanol–water partition coefficient (Wildman–Crippen LogP) is 4.87. The molecule has 0 radical (unpaired) electrons. The Balaban J connectivity index is 1.48. The summed E-state index contributed by atoms with van der Waals surface area (Å²) in [5.74, 6) is 0.164. The molecule has 0 amide bonds. The van der Waals surface area contributed by atoms with Crippen molar-refractivity contribution in [3.63, 3.8) is 0 Å². The van der Waals surface area contributed by atoms with E-state index in [1.807, 2.05) is 30.3 Å². The van der Waals surface area contributed by atoms with Gasteiger partial charge in [0.25, 0.3) is 0 Å². The average Bonchev–Trinajstić information content (AvgIpc) is 3.26. The lowest BCUT2D eigenvalue weighted by molar-refractivity contribution is -0.137. The molecule has 3 heterocycles. The lowest BCUT2D eigenvalue weighted by Crippen LogP contribution is -2.26. The first-order valence-electron chi connectivity index (χ1n) is 10.5. The number of aliphatic hydroxyl groups excluding tert-OH is 1. The molecule has 1 aromatic carbocycles. The zero-order valence-electron chi connectivity index (χ0n) is 17.6. The van der Waals surface area contributed by atoms with Crippen LogP contribution in [0.25, 0.3) is 11.3 Å². The lowest BCUT2D eigenvalue weighted by atomic mass is 10.0. The number of benzene rings is 1. The Morgan fingerprint density at radius 2 is 1.94 bits per heavy atom. The molecule has 1 saturated heterocycles. The molecule has 0 unspecified atom stereocenters. The van der Waals surface area contributed by atoms with Crippen LogP contribution >= 0.6 is 0 Å². The van der Waals surface area contributed by atoms with Crippen LogP contribution in [0.2, 0.25) is 0 Å². The molecule has 5 nitrogen and oxygen atoms in total. The molecule has 1 atom stereocenters. The number of ether oxygens (including phenoxy) is 1. The minimum absolute atomic E-state index is 0.164. The standard InChI is InChI=1S/C24H24F3N3O2/c1-2-16-5-3-4-6-19(16)20-8-9-22(21(15-31)29-20)30-12-11-18(14-30)32-23-10-7-17(13-28-23)24(25,26)27/h3-10,13,18,31H,2,11-12,14-15H2,1H3/t18-/m0/s1. The smallest absolute Gasteiger partial charge is 0.417 e. The van der Waals surface area contributed by atoms with Gasteiger partial charge >= 0.3 is 6.18 Å². The van der Waals surface area contributed by atoms with Crippen molar-refractivity contribution in [2.75, 3.05) is 18.0 Å². The summed E-state index contributed by atoms with van der Waals surface area (Å²) in [6.45, 7) is 3.11. The lowest BCUT2D eigenvalue weighted by Gasteiger charge is -2.22. The van der Waals surface area contributed by atoms with Gasteiger partial charge in [-0.25, -0.2) is 9.97 Å². The summed E-state index contributed by atoms with van der Waals surface area (Å²) in [7, 11) is 0. The molecule has 2 aromatic heterocycles. The summed E-state index contributed by atoms with van der Waals surface area (Å²) in [5, 5.41) is 9.95. The second kappa shape index (κ2) is 9.16. The number of aliphatic hydroxyl groups is 1. The summed E-state index contributed by atoms with van der Waals surface area (Å²) in [4.78, 5) is 10.6. The van der Waals surface area contributed by atoms with Crippen molar-refractivity contribution in [3.8, 4) is 17.1 Å². The van der Waals surface area contributed by atoms with Crippen LogP contribution in [0.15, 0.2) is 54.7 Å². The van der Waals surface area contributed by atoms with E-state index in [2.05, 4.69) is 22.9 Å². The topological polar surface area (TPSA) is 58.5 Å². The Kier molecular flexibility index (Phi) is 6.32. The SMILES string of the molecule is CCc1ccccc1-c1ccc(N2CC[C@H](Oc3ccc(C(F)(F)F)cn3)C2)c(CO)n1. The number of aryl methyl sites for hydroxylation is 1. The molecule has 1 aliphatic heterocycles. The summed E-state index contributed by atoms with van der Waals surface area (Å²) >= 11 is 0. The highest BCUT2D eigenvalue weighted by molar-refractivity contribution is 5.67. The van der Waals surface area contributed by atoms with Crippen molar-refractivity contribution in [2.45, 2.75) is 38.7 Å². The Morgan fingerprint density at radius 1 is 1.12 bits per heavy atom. The van der Waals surface area contributed by atoms with Crippen LogP contribution in [0.5, 0.6) is 5.88 Å². The van der Waals surface area contributed by atoms with Crippen LogP contribution in [0.4, 0.5) is 18.9 Å². The minimum atomic E-state index is -4.42. The third-order valence-corrected chi connectivity index (χ3v) is 5.61. The normalized spacial score (nSPS) is 16.4. The Bertz CT molecular complexity index is 1070. The number of rotatable bonds is 6. The molecule has 8 heteroatoms. The fourth-order valence-electron chi connectivity index (χ4n) is 3.96. The van der Waals surface area contributed by atoms with Gasteiger partial charge in [-0.1, -0.05) is 31.2 Å². The molecule has 4 rings (SSSR count). The fourth-order valence-corrected chi connectivity index (χ4v) is 3.96. The van der Waals surface area contributed by atoms with Crippen LogP contribution < -0.4 is 9.64 Å². The van der Waals surface area contributed by atoms with Gasteiger partial charge in [0.2, 0.25) is 5.88 Å². The van der Waals surface area contributed by atoms with Crippen LogP contribution in [0.1, 0.15) is 30.2 Å². The van der Waals surface area contributed by atoms with Gasteiger partial charge in [0.1, 0.15) is 6.10 Å². The molecule has 3 aromatic rings. The van der Waals surface area contributed by atoms with Gasteiger partial charge in [-0.3, -0.25) is 0 Å². The highest BCUT2D eigenvalue weighted by Gasteiger charge is 2.31. The van der Waals surface area contributed by atoms with Crippen LogP contribution in [-0.2, 0) is 19.2 Å². The molecule has 0 bridgehead atoms. The third-order valence-electron chi connectivity index (χ3n) is 5.61. The molecule has 32 heavy (non-hydrogen) atoms. The van der Waals surface area contributed by atoms with Crippen molar-refractivity contribution >= 4 is 5.69 Å². The molecule has 0 saturated carbocycles. The number of halogens is 3. The monoisotopic (exact) mass is 443 g/mol. The highest BCUT2D eigenvalue weighted by atomic mass is 19.4. The van der Waals surface area contributed by atoms with Crippen molar-refractivity contribution in [3.05, 3.63) is 71.5 Å². The van der Waals surface area contributed by atoms with E-state index >= 15 is 0 Å². The molecule has 1 fully saturated rings. The molecule has 168 valence electrons. The largest absolute Gasteiger partial charge is 0.472 e. The van der Waals surface area contributed by atoms with Crippen molar-refractivity contribution in [1.82, 2.24) is 9.97 Å². The zero-order valence-corrected chi connectivity index (χ0v) is 17.6. The molecular weight excluding hydrogens is 419 g/mol. The number of aromatic nitrogens is 2.